The van der Waals surface area contributed by atoms with E-state index in [0.717, 1.165) is 43.0 Å². The number of carbonyl (C=O) groups excluding carboxylic acids is 2. The zero-order chi connectivity index (χ0) is 24.2. The molecule has 5 nitrogen and oxygen atoms in total. The number of nitrogens with zero attached hydrogens (tertiary/aromatic N) is 3. The van der Waals surface area contributed by atoms with Crippen LogP contribution in [0.4, 0.5) is 14.5 Å². The summed E-state index contributed by atoms with van der Waals surface area (Å²) in [5, 5.41) is 4.39. The summed E-state index contributed by atoms with van der Waals surface area (Å²) < 4.78 is 29.3. The average Bonchev–Trinajstić information content (AvgIpc) is 3.20. The zero-order valence-corrected chi connectivity index (χ0v) is 19.6. The Morgan fingerprint density at radius 3 is 2.44 bits per heavy atom. The van der Waals surface area contributed by atoms with Crippen LogP contribution in [-0.4, -0.2) is 28.5 Å². The number of amides is 1. The number of Topliss-reactive ketones (excluding diaryl/α,β-unsaturated/α-hetero) is 1. The van der Waals surface area contributed by atoms with Crippen molar-refractivity contribution >= 4 is 17.4 Å². The van der Waals surface area contributed by atoms with Gasteiger partial charge in [-0.3, -0.25) is 14.3 Å². The van der Waals surface area contributed by atoms with Crippen molar-refractivity contribution in [1.29, 1.82) is 0 Å². The second kappa shape index (κ2) is 10.3. The highest BCUT2D eigenvalue weighted by atomic mass is 19.1. The zero-order valence-electron chi connectivity index (χ0n) is 19.6. The number of benzene rings is 2. The van der Waals surface area contributed by atoms with Crippen molar-refractivity contribution in [2.75, 3.05) is 11.9 Å². The van der Waals surface area contributed by atoms with E-state index in [0.29, 0.717) is 11.3 Å². The van der Waals surface area contributed by atoms with E-state index in [2.05, 4.69) is 5.10 Å². The lowest BCUT2D eigenvalue weighted by Gasteiger charge is -2.24. The highest BCUT2D eigenvalue weighted by Gasteiger charge is 2.27. The van der Waals surface area contributed by atoms with Gasteiger partial charge < -0.3 is 4.90 Å². The standard InChI is InChI=1S/C27H29F2N3O2/c1-18-7-9-24(10-8-18)31(2)27(34)21(11-19-12-22(28)15-23(29)13-19)14-25(33)17-32-26-6-4-3-5-20(26)16-30-32/h7-10,12-13,15-16,21H,3-6,11,14,17H2,1-2H3. The molecule has 34 heavy (non-hydrogen) atoms. The van der Waals surface area contributed by atoms with Crippen molar-refractivity contribution in [2.24, 2.45) is 5.92 Å². The fraction of sp³-hybridized carbons (Fsp3) is 0.370. The van der Waals surface area contributed by atoms with E-state index in [4.69, 9.17) is 0 Å². The van der Waals surface area contributed by atoms with Crippen LogP contribution in [0.15, 0.2) is 48.7 Å². The van der Waals surface area contributed by atoms with Gasteiger partial charge in [-0.15, -0.1) is 0 Å². The molecular formula is C27H29F2N3O2. The molecule has 1 aliphatic carbocycles. The molecule has 178 valence electrons. The van der Waals surface area contributed by atoms with Crippen LogP contribution in [-0.2, 0) is 35.4 Å². The van der Waals surface area contributed by atoms with E-state index in [9.17, 15) is 18.4 Å². The average molecular weight is 466 g/mol. The van der Waals surface area contributed by atoms with Gasteiger partial charge in [0.1, 0.15) is 11.6 Å². The third kappa shape index (κ3) is 5.58. The summed E-state index contributed by atoms with van der Waals surface area (Å²) in [5.74, 6) is -2.58. The number of ketones is 1. The van der Waals surface area contributed by atoms with Crippen molar-refractivity contribution in [3.63, 3.8) is 0 Å². The lowest BCUT2D eigenvalue weighted by Crippen LogP contribution is -2.36. The van der Waals surface area contributed by atoms with Gasteiger partial charge in [0, 0.05) is 36.8 Å². The van der Waals surface area contributed by atoms with Gasteiger partial charge in [0.2, 0.25) is 5.91 Å². The molecule has 2 aromatic carbocycles. The summed E-state index contributed by atoms with van der Waals surface area (Å²) in [6, 6.07) is 10.7. The van der Waals surface area contributed by atoms with E-state index < -0.39 is 17.6 Å². The molecule has 0 saturated carbocycles. The van der Waals surface area contributed by atoms with Gasteiger partial charge in [-0.25, -0.2) is 8.78 Å². The number of carbonyl (C=O) groups is 2. The summed E-state index contributed by atoms with van der Waals surface area (Å²) in [5.41, 5.74) is 4.37. The van der Waals surface area contributed by atoms with E-state index in [1.165, 1.54) is 22.6 Å². The quantitative estimate of drug-likeness (QED) is 0.479. The van der Waals surface area contributed by atoms with Gasteiger partial charge in [0.05, 0.1) is 12.7 Å². The molecule has 4 rings (SSSR count). The van der Waals surface area contributed by atoms with Crippen LogP contribution in [0.25, 0.3) is 0 Å². The monoisotopic (exact) mass is 465 g/mol. The van der Waals surface area contributed by atoms with Crippen molar-refractivity contribution in [3.05, 3.63) is 82.7 Å². The van der Waals surface area contributed by atoms with Gasteiger partial charge in [-0.05, 0) is 74.4 Å². The molecule has 0 spiro atoms. The summed E-state index contributed by atoms with van der Waals surface area (Å²) in [4.78, 5) is 28.0. The van der Waals surface area contributed by atoms with Crippen molar-refractivity contribution < 1.29 is 18.4 Å². The topological polar surface area (TPSA) is 55.2 Å². The Labute approximate surface area is 198 Å². The minimum Gasteiger partial charge on any atom is -0.315 e. The second-order valence-electron chi connectivity index (χ2n) is 9.14. The Balaban J connectivity index is 1.54. The van der Waals surface area contributed by atoms with Crippen LogP contribution in [0.1, 0.15) is 41.6 Å². The predicted molar refractivity (Wildman–Crippen MR) is 127 cm³/mol. The van der Waals surface area contributed by atoms with Crippen LogP contribution in [0.3, 0.4) is 0 Å². The fourth-order valence-corrected chi connectivity index (χ4v) is 4.63. The van der Waals surface area contributed by atoms with Crippen molar-refractivity contribution in [1.82, 2.24) is 9.78 Å². The van der Waals surface area contributed by atoms with Crippen molar-refractivity contribution in [2.45, 2.75) is 52.0 Å². The first kappa shape index (κ1) is 23.8. The largest absolute Gasteiger partial charge is 0.315 e. The maximum absolute atomic E-state index is 13.8. The predicted octanol–water partition coefficient (Wildman–Crippen LogP) is 4.83. The molecule has 0 aliphatic heterocycles. The number of aromatic nitrogens is 2. The van der Waals surface area contributed by atoms with Gasteiger partial charge in [0.15, 0.2) is 5.78 Å². The van der Waals surface area contributed by atoms with E-state index >= 15 is 0 Å². The highest BCUT2D eigenvalue weighted by Crippen LogP contribution is 2.24. The molecule has 0 fully saturated rings. The molecule has 7 heteroatoms. The first-order valence-electron chi connectivity index (χ1n) is 11.6. The molecule has 1 atom stereocenters. The smallest absolute Gasteiger partial charge is 0.230 e. The van der Waals surface area contributed by atoms with E-state index in [-0.39, 0.29) is 31.1 Å². The molecule has 1 aromatic heterocycles. The molecule has 3 aromatic rings. The summed E-state index contributed by atoms with van der Waals surface area (Å²) >= 11 is 0. The Kier molecular flexibility index (Phi) is 7.20. The van der Waals surface area contributed by atoms with Gasteiger partial charge in [0.25, 0.3) is 0 Å². The van der Waals surface area contributed by atoms with Gasteiger partial charge in [-0.1, -0.05) is 17.7 Å². The number of rotatable bonds is 8. The van der Waals surface area contributed by atoms with E-state index in [1.54, 1.807) is 11.7 Å². The number of hydrogen-bond acceptors (Lipinski definition) is 3. The Morgan fingerprint density at radius 2 is 1.74 bits per heavy atom. The molecule has 1 amide bonds. The lowest BCUT2D eigenvalue weighted by molar-refractivity contribution is -0.127. The second-order valence-corrected chi connectivity index (χ2v) is 9.14. The Morgan fingerprint density at radius 1 is 1.06 bits per heavy atom. The third-order valence-corrected chi connectivity index (χ3v) is 6.45. The molecule has 0 saturated heterocycles. The molecule has 1 aliphatic rings. The maximum Gasteiger partial charge on any atom is 0.230 e. The van der Waals surface area contributed by atoms with Crippen LogP contribution in [0.5, 0.6) is 0 Å². The maximum atomic E-state index is 13.8. The van der Waals surface area contributed by atoms with Crippen LogP contribution in [0, 0.1) is 24.5 Å². The molecule has 0 N–H and O–H groups in total. The van der Waals surface area contributed by atoms with Crippen LogP contribution >= 0.6 is 0 Å². The first-order valence-corrected chi connectivity index (χ1v) is 11.6. The minimum atomic E-state index is -0.758. The summed E-state index contributed by atoms with van der Waals surface area (Å²) in [6.07, 6.45) is 5.90. The first-order chi connectivity index (χ1) is 16.3. The lowest BCUT2D eigenvalue weighted by atomic mass is 9.92. The molecule has 1 unspecified atom stereocenters. The third-order valence-electron chi connectivity index (χ3n) is 6.45. The number of aryl methyl sites for hydroxylation is 2. The number of halogens is 2. The molecule has 1 heterocycles. The Hall–Kier alpha value is -3.35. The number of fused-ring (bicyclic) bond motifs is 1. The van der Waals surface area contributed by atoms with Crippen LogP contribution in [0.2, 0.25) is 0 Å². The minimum absolute atomic E-state index is 0.0399. The normalized spacial score (nSPS) is 13.9. The van der Waals surface area contributed by atoms with Crippen molar-refractivity contribution in [3.8, 4) is 0 Å². The Bertz CT molecular complexity index is 1170. The number of hydrogen-bond donors (Lipinski definition) is 0. The molecule has 0 radical (unpaired) electrons. The summed E-state index contributed by atoms with van der Waals surface area (Å²) in [7, 11) is 1.65. The summed E-state index contributed by atoms with van der Waals surface area (Å²) in [6.45, 7) is 2.05. The van der Waals surface area contributed by atoms with Gasteiger partial charge in [-0.2, -0.15) is 5.10 Å². The van der Waals surface area contributed by atoms with Gasteiger partial charge >= 0.3 is 0 Å². The highest BCUT2D eigenvalue weighted by molar-refractivity contribution is 5.97. The molecule has 0 bridgehead atoms. The SMILES string of the molecule is Cc1ccc(N(C)C(=O)C(CC(=O)Cn2ncc3c2CCCC3)Cc2cc(F)cc(F)c2)cc1. The fourth-order valence-electron chi connectivity index (χ4n) is 4.63. The van der Waals surface area contributed by atoms with Crippen LogP contribution < -0.4 is 4.90 Å². The number of anilines is 1. The molecular weight excluding hydrogens is 436 g/mol. The van der Waals surface area contributed by atoms with E-state index in [1.807, 2.05) is 37.4 Å².